The summed E-state index contributed by atoms with van der Waals surface area (Å²) in [6, 6.07) is 7.26. The predicted octanol–water partition coefficient (Wildman–Crippen LogP) is 4.73. The topological polar surface area (TPSA) is 98.9 Å². The Balaban J connectivity index is 1.29. The number of amides is 1. The number of furan rings is 1. The van der Waals surface area contributed by atoms with Crippen molar-refractivity contribution in [1.29, 1.82) is 0 Å². The van der Waals surface area contributed by atoms with Crippen LogP contribution in [0.3, 0.4) is 0 Å². The van der Waals surface area contributed by atoms with Crippen LogP contribution in [0.25, 0.3) is 29.3 Å². The van der Waals surface area contributed by atoms with Gasteiger partial charge in [-0.2, -0.15) is 0 Å². The minimum absolute atomic E-state index is 0.0993. The van der Waals surface area contributed by atoms with E-state index in [0.717, 1.165) is 29.9 Å². The zero-order chi connectivity index (χ0) is 23.5. The molecule has 5 heterocycles. The largest absolute Gasteiger partial charge is 0.477 e. The lowest BCUT2D eigenvalue weighted by molar-refractivity contribution is 0.0708. The molecule has 174 valence electrons. The summed E-state index contributed by atoms with van der Waals surface area (Å²) in [4.78, 5) is 18.9. The van der Waals surface area contributed by atoms with E-state index in [9.17, 15) is 4.79 Å². The van der Waals surface area contributed by atoms with Gasteiger partial charge in [0.2, 0.25) is 5.88 Å². The van der Waals surface area contributed by atoms with Crippen molar-refractivity contribution in [2.45, 2.75) is 32.2 Å². The van der Waals surface area contributed by atoms with Crippen LogP contribution in [0.2, 0.25) is 0 Å². The third-order valence-electron chi connectivity index (χ3n) is 5.92. The first-order valence-corrected chi connectivity index (χ1v) is 11.3. The summed E-state index contributed by atoms with van der Waals surface area (Å²) < 4.78 is 18.5. The highest BCUT2D eigenvalue weighted by Gasteiger charge is 2.30. The van der Waals surface area contributed by atoms with Crippen molar-refractivity contribution in [1.82, 2.24) is 24.7 Å². The molecule has 5 rings (SSSR count). The smallest absolute Gasteiger partial charge is 0.276 e. The molecule has 0 saturated carbocycles. The summed E-state index contributed by atoms with van der Waals surface area (Å²) in [5.74, 6) is 1.75. The molecule has 1 saturated heterocycles. The quantitative estimate of drug-likeness (QED) is 0.376. The molecule has 0 radical (unpaired) electrons. The Labute approximate surface area is 196 Å². The van der Waals surface area contributed by atoms with Crippen molar-refractivity contribution in [3.8, 4) is 17.3 Å². The predicted molar refractivity (Wildman–Crippen MR) is 126 cm³/mol. The number of fused-ring (bicyclic) bond motifs is 1. The summed E-state index contributed by atoms with van der Waals surface area (Å²) >= 11 is 0. The summed E-state index contributed by atoms with van der Waals surface area (Å²) in [5.41, 5.74) is 2.64. The summed E-state index contributed by atoms with van der Waals surface area (Å²) in [5, 5.41) is 8.38. The monoisotopic (exact) mass is 459 g/mol. The van der Waals surface area contributed by atoms with Crippen LogP contribution in [-0.2, 0) is 0 Å². The van der Waals surface area contributed by atoms with Crippen molar-refractivity contribution in [2.75, 3.05) is 13.2 Å². The van der Waals surface area contributed by atoms with Gasteiger partial charge in [-0.1, -0.05) is 23.9 Å². The molecular weight excluding hydrogens is 434 g/mol. The van der Waals surface area contributed by atoms with Crippen LogP contribution < -0.4 is 4.74 Å². The SMILES string of the molecule is C=Cc1cc(-c2cnc3ccc(OCC[C@@H]4CCCN4C(=O)c4ccon4)nn23)oc1/C=C\C. The first-order chi connectivity index (χ1) is 16.7. The number of likely N-dealkylation sites (tertiary alicyclic amines) is 1. The second-order valence-corrected chi connectivity index (χ2v) is 8.04. The van der Waals surface area contributed by atoms with E-state index in [1.807, 2.05) is 36.1 Å². The number of nitrogens with zero attached hydrogens (tertiary/aromatic N) is 5. The number of aromatic nitrogens is 4. The van der Waals surface area contributed by atoms with E-state index < -0.39 is 0 Å². The second kappa shape index (κ2) is 9.38. The van der Waals surface area contributed by atoms with Crippen molar-refractivity contribution in [2.24, 2.45) is 0 Å². The van der Waals surface area contributed by atoms with Crippen LogP contribution in [0.1, 0.15) is 48.0 Å². The number of imidazole rings is 1. The lowest BCUT2D eigenvalue weighted by atomic mass is 10.1. The minimum atomic E-state index is -0.103. The van der Waals surface area contributed by atoms with Crippen LogP contribution in [0.15, 0.2) is 58.3 Å². The molecule has 0 bridgehead atoms. The summed E-state index contributed by atoms with van der Waals surface area (Å²) in [6.07, 6.45) is 11.3. The first-order valence-electron chi connectivity index (χ1n) is 11.3. The normalized spacial score (nSPS) is 16.0. The fourth-order valence-corrected chi connectivity index (χ4v) is 4.26. The summed E-state index contributed by atoms with van der Waals surface area (Å²) in [6.45, 7) is 6.94. The fourth-order valence-electron chi connectivity index (χ4n) is 4.26. The minimum Gasteiger partial charge on any atom is -0.477 e. The highest BCUT2D eigenvalue weighted by Crippen LogP contribution is 2.28. The molecule has 0 aromatic carbocycles. The Kier molecular flexibility index (Phi) is 5.99. The Morgan fingerprint density at radius 2 is 2.26 bits per heavy atom. The Morgan fingerprint density at radius 1 is 1.35 bits per heavy atom. The average molecular weight is 460 g/mol. The van der Waals surface area contributed by atoms with Crippen LogP contribution in [0.4, 0.5) is 0 Å². The third-order valence-corrected chi connectivity index (χ3v) is 5.92. The van der Waals surface area contributed by atoms with Gasteiger partial charge in [0.25, 0.3) is 5.91 Å². The van der Waals surface area contributed by atoms with Crippen molar-refractivity contribution in [3.05, 3.63) is 66.4 Å². The molecule has 34 heavy (non-hydrogen) atoms. The van der Waals surface area contributed by atoms with E-state index >= 15 is 0 Å². The van der Waals surface area contributed by atoms with E-state index in [2.05, 4.69) is 21.8 Å². The standard InChI is InChI=1S/C25H25N5O4/c1-3-6-21-17(4-2)15-22(34-21)20-16-26-23-8-9-24(27-30(20)23)32-13-10-18-7-5-12-29(18)25(31)19-11-14-33-28-19/h3-4,6,8-9,11,14-16,18H,2,5,7,10,12-13H2,1H3/b6-3-/t18-/m0/s1. The Bertz CT molecular complexity index is 1330. The number of ether oxygens (including phenoxy) is 1. The molecule has 0 unspecified atom stereocenters. The van der Waals surface area contributed by atoms with Gasteiger partial charge in [0, 0.05) is 36.7 Å². The van der Waals surface area contributed by atoms with Crippen molar-refractivity contribution < 1.29 is 18.5 Å². The zero-order valence-corrected chi connectivity index (χ0v) is 18.9. The maximum Gasteiger partial charge on any atom is 0.276 e. The van der Waals surface area contributed by atoms with Crippen LogP contribution >= 0.6 is 0 Å². The highest BCUT2D eigenvalue weighted by atomic mass is 16.5. The molecule has 1 aliphatic rings. The molecule has 4 aromatic rings. The van der Waals surface area contributed by atoms with E-state index in [1.54, 1.807) is 28.9 Å². The van der Waals surface area contributed by atoms with Gasteiger partial charge in [0.1, 0.15) is 17.7 Å². The van der Waals surface area contributed by atoms with E-state index in [4.69, 9.17) is 13.7 Å². The molecule has 0 aliphatic carbocycles. The number of allylic oxidation sites excluding steroid dienone is 1. The van der Waals surface area contributed by atoms with Crippen LogP contribution in [0.5, 0.6) is 5.88 Å². The van der Waals surface area contributed by atoms with Gasteiger partial charge in [-0.15, -0.1) is 5.10 Å². The summed E-state index contributed by atoms with van der Waals surface area (Å²) in [7, 11) is 0. The molecule has 9 nitrogen and oxygen atoms in total. The Morgan fingerprint density at radius 3 is 3.06 bits per heavy atom. The van der Waals surface area contributed by atoms with Crippen molar-refractivity contribution >= 4 is 23.7 Å². The lowest BCUT2D eigenvalue weighted by Gasteiger charge is -2.23. The lowest BCUT2D eigenvalue weighted by Crippen LogP contribution is -2.36. The Hall–Kier alpha value is -4.14. The molecule has 4 aromatic heterocycles. The van der Waals surface area contributed by atoms with Crippen molar-refractivity contribution in [3.63, 3.8) is 0 Å². The van der Waals surface area contributed by atoms with Crippen LogP contribution in [-0.4, -0.2) is 49.8 Å². The molecule has 1 amide bonds. The number of carbonyl (C=O) groups excluding carboxylic acids is 1. The molecular formula is C25H25N5O4. The molecule has 0 N–H and O–H groups in total. The molecule has 0 spiro atoms. The van der Waals surface area contributed by atoms with Gasteiger partial charge < -0.3 is 18.6 Å². The molecule has 9 heteroatoms. The van der Waals surface area contributed by atoms with Gasteiger partial charge in [-0.25, -0.2) is 9.50 Å². The maximum absolute atomic E-state index is 12.6. The average Bonchev–Trinajstić information content (AvgIpc) is 3.65. The molecule has 1 atom stereocenters. The van der Waals surface area contributed by atoms with Gasteiger partial charge in [-0.3, -0.25) is 4.79 Å². The molecule has 1 fully saturated rings. The molecule has 1 aliphatic heterocycles. The number of hydrogen-bond donors (Lipinski definition) is 0. The zero-order valence-electron chi connectivity index (χ0n) is 18.9. The third kappa shape index (κ3) is 4.12. The first kappa shape index (κ1) is 21.7. The van der Waals surface area contributed by atoms with E-state index in [0.29, 0.717) is 42.6 Å². The van der Waals surface area contributed by atoms with E-state index in [-0.39, 0.29) is 11.9 Å². The van der Waals surface area contributed by atoms with Gasteiger partial charge in [0.05, 0.1) is 12.8 Å². The number of hydrogen-bond acceptors (Lipinski definition) is 7. The van der Waals surface area contributed by atoms with Gasteiger partial charge in [-0.05, 0) is 38.0 Å². The number of carbonyl (C=O) groups is 1. The van der Waals surface area contributed by atoms with Gasteiger partial charge >= 0.3 is 0 Å². The number of rotatable bonds is 8. The van der Waals surface area contributed by atoms with E-state index in [1.165, 1.54) is 6.26 Å². The second-order valence-electron chi connectivity index (χ2n) is 8.04. The van der Waals surface area contributed by atoms with Gasteiger partial charge in [0.15, 0.2) is 17.1 Å². The fraction of sp³-hybridized carbons (Fsp3) is 0.280. The van der Waals surface area contributed by atoms with Crippen LogP contribution in [0, 0.1) is 0 Å². The highest BCUT2D eigenvalue weighted by molar-refractivity contribution is 5.92. The maximum atomic E-state index is 12.6.